The van der Waals surface area contributed by atoms with Crippen LogP contribution in [0.25, 0.3) is 0 Å². The third-order valence-corrected chi connectivity index (χ3v) is 4.40. The van der Waals surface area contributed by atoms with Crippen molar-refractivity contribution < 1.29 is 9.72 Å². The van der Waals surface area contributed by atoms with E-state index >= 15 is 0 Å². The van der Waals surface area contributed by atoms with Crippen LogP contribution in [0.5, 0.6) is 0 Å². The van der Waals surface area contributed by atoms with Gasteiger partial charge in [0.05, 0.1) is 4.92 Å². The summed E-state index contributed by atoms with van der Waals surface area (Å²) in [6.45, 7) is 4.99. The fourth-order valence-corrected chi connectivity index (χ4v) is 2.60. The van der Waals surface area contributed by atoms with Crippen molar-refractivity contribution in [2.75, 3.05) is 13.1 Å². The first-order chi connectivity index (χ1) is 9.40. The molecule has 0 N–H and O–H groups in total. The van der Waals surface area contributed by atoms with E-state index in [0.717, 1.165) is 12.0 Å². The van der Waals surface area contributed by atoms with E-state index in [9.17, 15) is 14.9 Å². The second-order valence-corrected chi connectivity index (χ2v) is 5.85. The molecule has 2 atom stereocenters. The van der Waals surface area contributed by atoms with Crippen LogP contribution in [0.1, 0.15) is 29.3 Å². The van der Waals surface area contributed by atoms with Gasteiger partial charge in [0.2, 0.25) is 0 Å². The average molecular weight is 297 g/mol. The molecule has 2 rings (SSSR count). The number of amides is 1. The van der Waals surface area contributed by atoms with Gasteiger partial charge in [0, 0.05) is 36.2 Å². The third kappa shape index (κ3) is 2.93. The van der Waals surface area contributed by atoms with Gasteiger partial charge in [-0.3, -0.25) is 14.9 Å². The summed E-state index contributed by atoms with van der Waals surface area (Å²) in [4.78, 5) is 24.6. The van der Waals surface area contributed by atoms with E-state index in [-0.39, 0.29) is 22.9 Å². The van der Waals surface area contributed by atoms with Crippen LogP contribution in [0.2, 0.25) is 0 Å². The van der Waals surface area contributed by atoms with Crippen LogP contribution < -0.4 is 0 Å². The first-order valence-corrected chi connectivity index (χ1v) is 7.02. The fraction of sp³-hybridized carbons (Fsp3) is 0.500. The number of non-ortho nitro benzene ring substituents is 1. The Kier molecular flexibility index (Phi) is 4.28. The highest BCUT2D eigenvalue weighted by Crippen LogP contribution is 2.25. The van der Waals surface area contributed by atoms with Gasteiger partial charge in [0.25, 0.3) is 11.6 Å². The SMILES string of the molecule is Cc1ccc([N+](=O)[O-])cc1C(=O)N1CCC(Cl)C(C)C1. The summed E-state index contributed by atoms with van der Waals surface area (Å²) < 4.78 is 0. The van der Waals surface area contributed by atoms with Crippen molar-refractivity contribution in [3.8, 4) is 0 Å². The van der Waals surface area contributed by atoms with Gasteiger partial charge in [-0.2, -0.15) is 0 Å². The maximum absolute atomic E-state index is 12.5. The summed E-state index contributed by atoms with van der Waals surface area (Å²) in [7, 11) is 0. The molecule has 1 aliphatic rings. The van der Waals surface area contributed by atoms with Crippen LogP contribution >= 0.6 is 11.6 Å². The van der Waals surface area contributed by atoms with Gasteiger partial charge < -0.3 is 4.90 Å². The summed E-state index contributed by atoms with van der Waals surface area (Å²) in [5.74, 6) is 0.0787. The number of aryl methyl sites for hydroxylation is 1. The molecular formula is C14H17ClN2O3. The molecule has 20 heavy (non-hydrogen) atoms. The van der Waals surface area contributed by atoms with Crippen molar-refractivity contribution >= 4 is 23.2 Å². The molecule has 1 aromatic rings. The minimum Gasteiger partial charge on any atom is -0.338 e. The number of hydrogen-bond donors (Lipinski definition) is 0. The number of nitro groups is 1. The number of benzene rings is 1. The van der Waals surface area contributed by atoms with Gasteiger partial charge in [-0.25, -0.2) is 0 Å². The molecular weight excluding hydrogens is 280 g/mol. The predicted molar refractivity (Wildman–Crippen MR) is 77.2 cm³/mol. The molecule has 0 aliphatic carbocycles. The first kappa shape index (κ1) is 14.8. The minimum absolute atomic E-state index is 0.0563. The molecule has 1 fully saturated rings. The lowest BCUT2D eigenvalue weighted by molar-refractivity contribution is -0.384. The van der Waals surface area contributed by atoms with Gasteiger partial charge in [-0.05, 0) is 24.8 Å². The lowest BCUT2D eigenvalue weighted by Crippen LogP contribution is -2.43. The lowest BCUT2D eigenvalue weighted by Gasteiger charge is -2.34. The van der Waals surface area contributed by atoms with Gasteiger partial charge >= 0.3 is 0 Å². The Hall–Kier alpha value is -1.62. The molecule has 5 nitrogen and oxygen atoms in total. The number of rotatable bonds is 2. The quantitative estimate of drug-likeness (QED) is 0.479. The summed E-state index contributed by atoms with van der Waals surface area (Å²) >= 11 is 6.15. The van der Waals surface area contributed by atoms with Crippen molar-refractivity contribution in [3.63, 3.8) is 0 Å². The zero-order valence-electron chi connectivity index (χ0n) is 11.5. The second-order valence-electron chi connectivity index (χ2n) is 5.29. The van der Waals surface area contributed by atoms with E-state index < -0.39 is 4.92 Å². The molecule has 0 saturated carbocycles. The first-order valence-electron chi connectivity index (χ1n) is 6.58. The number of likely N-dealkylation sites (tertiary alicyclic amines) is 1. The Labute approximate surface area is 122 Å². The molecule has 0 spiro atoms. The minimum atomic E-state index is -0.482. The molecule has 6 heteroatoms. The van der Waals surface area contributed by atoms with Crippen LogP contribution in [-0.4, -0.2) is 34.2 Å². The highest BCUT2D eigenvalue weighted by Gasteiger charge is 2.29. The Bertz CT molecular complexity index is 547. The zero-order chi connectivity index (χ0) is 14.9. The summed E-state index contributed by atoms with van der Waals surface area (Å²) in [6, 6.07) is 4.39. The van der Waals surface area contributed by atoms with Crippen molar-refractivity contribution in [2.24, 2.45) is 5.92 Å². The van der Waals surface area contributed by atoms with E-state index in [1.807, 2.05) is 6.92 Å². The molecule has 1 aromatic carbocycles. The molecule has 1 amide bonds. The Morgan fingerprint density at radius 2 is 2.20 bits per heavy atom. The normalized spacial score (nSPS) is 22.6. The number of carbonyl (C=O) groups is 1. The third-order valence-electron chi connectivity index (χ3n) is 3.75. The van der Waals surface area contributed by atoms with E-state index in [1.165, 1.54) is 12.1 Å². The standard InChI is InChI=1S/C14H17ClN2O3/c1-9-3-4-11(17(19)20)7-12(9)14(18)16-6-5-13(15)10(2)8-16/h3-4,7,10,13H,5-6,8H2,1-2H3. The molecule has 2 unspecified atom stereocenters. The van der Waals surface area contributed by atoms with Crippen LogP contribution in [0.4, 0.5) is 5.69 Å². The highest BCUT2D eigenvalue weighted by atomic mass is 35.5. The van der Waals surface area contributed by atoms with Gasteiger partial charge in [0.1, 0.15) is 0 Å². The number of nitrogens with zero attached hydrogens (tertiary/aromatic N) is 2. The largest absolute Gasteiger partial charge is 0.338 e. The van der Waals surface area contributed by atoms with E-state index in [1.54, 1.807) is 17.9 Å². The molecule has 0 radical (unpaired) electrons. The number of carbonyl (C=O) groups excluding carboxylic acids is 1. The Morgan fingerprint density at radius 3 is 2.80 bits per heavy atom. The van der Waals surface area contributed by atoms with Gasteiger partial charge in [0.15, 0.2) is 0 Å². The summed E-state index contributed by atoms with van der Waals surface area (Å²) in [5, 5.41) is 10.9. The summed E-state index contributed by atoms with van der Waals surface area (Å²) in [5.41, 5.74) is 1.10. The van der Waals surface area contributed by atoms with E-state index in [0.29, 0.717) is 18.7 Å². The molecule has 1 saturated heterocycles. The van der Waals surface area contributed by atoms with Crippen LogP contribution in [0, 0.1) is 23.0 Å². The molecule has 108 valence electrons. The molecule has 1 heterocycles. The fourth-order valence-electron chi connectivity index (χ4n) is 2.43. The van der Waals surface area contributed by atoms with Crippen molar-refractivity contribution in [1.82, 2.24) is 4.90 Å². The average Bonchev–Trinajstić information content (AvgIpc) is 2.41. The maximum Gasteiger partial charge on any atom is 0.270 e. The number of alkyl halides is 1. The predicted octanol–water partition coefficient (Wildman–Crippen LogP) is 2.99. The smallest absolute Gasteiger partial charge is 0.270 e. The number of halogens is 1. The van der Waals surface area contributed by atoms with Gasteiger partial charge in [-0.15, -0.1) is 11.6 Å². The van der Waals surface area contributed by atoms with Crippen molar-refractivity contribution in [2.45, 2.75) is 25.6 Å². The second kappa shape index (κ2) is 5.79. The van der Waals surface area contributed by atoms with E-state index in [4.69, 9.17) is 11.6 Å². The topological polar surface area (TPSA) is 63.5 Å². The number of hydrogen-bond acceptors (Lipinski definition) is 3. The Morgan fingerprint density at radius 1 is 1.50 bits per heavy atom. The van der Waals surface area contributed by atoms with Crippen molar-refractivity contribution in [3.05, 3.63) is 39.4 Å². The highest BCUT2D eigenvalue weighted by molar-refractivity contribution is 6.20. The molecule has 1 aliphatic heterocycles. The van der Waals surface area contributed by atoms with Crippen LogP contribution in [0.15, 0.2) is 18.2 Å². The number of nitro benzene ring substituents is 1. The Balaban J connectivity index is 2.25. The lowest BCUT2D eigenvalue weighted by atomic mass is 9.98. The maximum atomic E-state index is 12.5. The molecule has 0 bridgehead atoms. The van der Waals surface area contributed by atoms with Crippen LogP contribution in [0.3, 0.4) is 0 Å². The molecule has 0 aromatic heterocycles. The van der Waals surface area contributed by atoms with Gasteiger partial charge in [-0.1, -0.05) is 13.0 Å². The number of piperidine rings is 1. The summed E-state index contributed by atoms with van der Waals surface area (Å²) in [6.07, 6.45) is 0.752. The monoisotopic (exact) mass is 296 g/mol. The zero-order valence-corrected chi connectivity index (χ0v) is 12.3. The van der Waals surface area contributed by atoms with E-state index in [2.05, 4.69) is 0 Å². The van der Waals surface area contributed by atoms with Crippen molar-refractivity contribution in [1.29, 1.82) is 0 Å². The van der Waals surface area contributed by atoms with Crippen LogP contribution in [-0.2, 0) is 0 Å².